The second kappa shape index (κ2) is 10.7. The van der Waals surface area contributed by atoms with Crippen LogP contribution in [0.25, 0.3) is 0 Å². The van der Waals surface area contributed by atoms with E-state index in [2.05, 4.69) is 0 Å². The van der Waals surface area contributed by atoms with E-state index in [0.717, 1.165) is 23.5 Å². The summed E-state index contributed by atoms with van der Waals surface area (Å²) in [6.07, 6.45) is 0.487. The Morgan fingerprint density at radius 1 is 1.06 bits per heavy atom. The fourth-order valence-corrected chi connectivity index (χ4v) is 3.77. The molecule has 1 N–H and O–H groups in total. The van der Waals surface area contributed by atoms with E-state index in [1.807, 2.05) is 76.2 Å². The first-order valence-electron chi connectivity index (χ1n) is 11.3. The molecule has 2 unspecified atom stereocenters. The summed E-state index contributed by atoms with van der Waals surface area (Å²) in [5, 5.41) is 10.6. The number of aliphatic hydroxyl groups excluding tert-OH is 1. The molecule has 0 aromatic heterocycles. The molecule has 32 heavy (non-hydrogen) atoms. The predicted molar refractivity (Wildman–Crippen MR) is 124 cm³/mol. The van der Waals surface area contributed by atoms with Crippen molar-refractivity contribution in [1.82, 2.24) is 4.90 Å². The number of nitrogens with zero attached hydrogens (tertiary/aromatic N) is 1. The molecule has 1 saturated heterocycles. The van der Waals surface area contributed by atoms with E-state index in [9.17, 15) is 9.90 Å². The summed E-state index contributed by atoms with van der Waals surface area (Å²) in [4.78, 5) is 13.8. The standard InChI is InChI=1S/C26H35NO5/c1-19-7-5-8-22(17-19)31-16-6-15-30-21-11-9-20(10-12-21)23-13-14-27(18-24(23)28)25(29)32-26(2,3)4/h5,7-12,17,23-24,28H,6,13-16,18H2,1-4H3. The molecule has 0 aliphatic carbocycles. The summed E-state index contributed by atoms with van der Waals surface area (Å²) >= 11 is 0. The van der Waals surface area contributed by atoms with Gasteiger partial charge < -0.3 is 24.2 Å². The highest BCUT2D eigenvalue weighted by Gasteiger charge is 2.33. The zero-order valence-corrected chi connectivity index (χ0v) is 19.5. The van der Waals surface area contributed by atoms with E-state index < -0.39 is 11.7 Å². The fourth-order valence-electron chi connectivity index (χ4n) is 3.77. The van der Waals surface area contributed by atoms with Gasteiger partial charge in [-0.3, -0.25) is 0 Å². The van der Waals surface area contributed by atoms with Crippen molar-refractivity contribution >= 4 is 6.09 Å². The van der Waals surface area contributed by atoms with Crippen LogP contribution in [0.15, 0.2) is 48.5 Å². The van der Waals surface area contributed by atoms with Crippen molar-refractivity contribution in [2.24, 2.45) is 0 Å². The molecule has 1 fully saturated rings. The lowest BCUT2D eigenvalue weighted by Crippen LogP contribution is -2.47. The summed E-state index contributed by atoms with van der Waals surface area (Å²) in [6, 6.07) is 15.9. The Labute approximate surface area is 191 Å². The molecule has 0 spiro atoms. The normalized spacial score (nSPS) is 18.8. The lowest BCUT2D eigenvalue weighted by Gasteiger charge is -2.36. The highest BCUT2D eigenvalue weighted by molar-refractivity contribution is 5.68. The SMILES string of the molecule is Cc1cccc(OCCCOc2ccc(C3CCN(C(=O)OC(C)(C)C)CC3O)cc2)c1. The van der Waals surface area contributed by atoms with Gasteiger partial charge in [0.15, 0.2) is 0 Å². The quantitative estimate of drug-likeness (QED) is 0.617. The first kappa shape index (κ1) is 23.9. The number of carbonyl (C=O) groups excluding carboxylic acids is 1. The average Bonchev–Trinajstić information content (AvgIpc) is 2.73. The molecule has 0 radical (unpaired) electrons. The zero-order valence-electron chi connectivity index (χ0n) is 19.5. The Morgan fingerprint density at radius 2 is 1.75 bits per heavy atom. The van der Waals surface area contributed by atoms with E-state index in [-0.39, 0.29) is 18.6 Å². The van der Waals surface area contributed by atoms with Gasteiger partial charge in [0.2, 0.25) is 0 Å². The van der Waals surface area contributed by atoms with E-state index in [0.29, 0.717) is 26.2 Å². The molecule has 6 nitrogen and oxygen atoms in total. The second-order valence-corrected chi connectivity index (χ2v) is 9.32. The number of ether oxygens (including phenoxy) is 3. The molecule has 1 aliphatic heterocycles. The Morgan fingerprint density at radius 3 is 2.38 bits per heavy atom. The molecule has 2 aromatic carbocycles. The van der Waals surface area contributed by atoms with E-state index >= 15 is 0 Å². The molecule has 3 rings (SSSR count). The van der Waals surface area contributed by atoms with Crippen LogP contribution in [0.2, 0.25) is 0 Å². The maximum absolute atomic E-state index is 12.3. The molecule has 1 heterocycles. The van der Waals surface area contributed by atoms with Crippen molar-refractivity contribution in [2.75, 3.05) is 26.3 Å². The number of carbonyl (C=O) groups is 1. The molecule has 1 amide bonds. The minimum Gasteiger partial charge on any atom is -0.493 e. The van der Waals surface area contributed by atoms with Gasteiger partial charge in [0, 0.05) is 18.9 Å². The van der Waals surface area contributed by atoms with Crippen LogP contribution in [0.1, 0.15) is 50.7 Å². The maximum atomic E-state index is 12.3. The summed E-state index contributed by atoms with van der Waals surface area (Å²) in [7, 11) is 0. The number of β-amino-alcohol motifs (C(OH)–C–C–N with tert-alkyl or cyclic N) is 1. The van der Waals surface area contributed by atoms with Gasteiger partial charge in [-0.15, -0.1) is 0 Å². The summed E-state index contributed by atoms with van der Waals surface area (Å²) in [6.45, 7) is 9.59. The molecule has 0 bridgehead atoms. The van der Waals surface area contributed by atoms with Gasteiger partial charge in [-0.05, 0) is 69.5 Å². The fraction of sp³-hybridized carbons (Fsp3) is 0.500. The van der Waals surface area contributed by atoms with Crippen LogP contribution in [0.3, 0.4) is 0 Å². The predicted octanol–water partition coefficient (Wildman–Crippen LogP) is 4.93. The highest BCUT2D eigenvalue weighted by Crippen LogP contribution is 2.30. The average molecular weight is 442 g/mol. The van der Waals surface area contributed by atoms with Crippen LogP contribution in [0.5, 0.6) is 11.5 Å². The number of likely N-dealkylation sites (tertiary alicyclic amines) is 1. The highest BCUT2D eigenvalue weighted by atomic mass is 16.6. The van der Waals surface area contributed by atoms with Gasteiger partial charge in [-0.2, -0.15) is 0 Å². The minimum atomic E-state index is -0.623. The van der Waals surface area contributed by atoms with Crippen LogP contribution in [0.4, 0.5) is 4.79 Å². The number of benzene rings is 2. The number of hydrogen-bond acceptors (Lipinski definition) is 5. The smallest absolute Gasteiger partial charge is 0.410 e. The summed E-state index contributed by atoms with van der Waals surface area (Å²) in [5.74, 6) is 1.67. The third-order valence-electron chi connectivity index (χ3n) is 5.36. The van der Waals surface area contributed by atoms with Crippen molar-refractivity contribution in [1.29, 1.82) is 0 Å². The van der Waals surface area contributed by atoms with Crippen LogP contribution in [-0.2, 0) is 4.74 Å². The first-order chi connectivity index (χ1) is 15.2. The van der Waals surface area contributed by atoms with Crippen LogP contribution in [-0.4, -0.2) is 54.1 Å². The largest absolute Gasteiger partial charge is 0.493 e. The first-order valence-corrected chi connectivity index (χ1v) is 11.3. The third kappa shape index (κ3) is 7.16. The Balaban J connectivity index is 1.42. The van der Waals surface area contributed by atoms with Gasteiger partial charge in [-0.25, -0.2) is 4.79 Å². The molecule has 1 aliphatic rings. The van der Waals surface area contributed by atoms with Crippen LogP contribution < -0.4 is 9.47 Å². The Bertz CT molecular complexity index is 875. The van der Waals surface area contributed by atoms with Gasteiger partial charge in [0.1, 0.15) is 17.1 Å². The zero-order chi connectivity index (χ0) is 23.1. The number of aryl methyl sites for hydroxylation is 1. The number of amides is 1. The van der Waals surface area contributed by atoms with Gasteiger partial charge in [0.05, 0.1) is 25.9 Å². The van der Waals surface area contributed by atoms with Crippen molar-refractivity contribution in [2.45, 2.75) is 58.2 Å². The number of piperidine rings is 1. The van der Waals surface area contributed by atoms with Crippen molar-refractivity contribution in [3.8, 4) is 11.5 Å². The lowest BCUT2D eigenvalue weighted by molar-refractivity contribution is -0.00152. The van der Waals surface area contributed by atoms with Crippen molar-refractivity contribution < 1.29 is 24.1 Å². The second-order valence-electron chi connectivity index (χ2n) is 9.32. The Kier molecular flexibility index (Phi) is 8.02. The van der Waals surface area contributed by atoms with E-state index in [4.69, 9.17) is 14.2 Å². The molecule has 0 saturated carbocycles. The Hall–Kier alpha value is -2.73. The molecule has 2 aromatic rings. The molecule has 2 atom stereocenters. The van der Waals surface area contributed by atoms with Crippen LogP contribution in [0, 0.1) is 6.92 Å². The monoisotopic (exact) mass is 441 g/mol. The van der Waals surface area contributed by atoms with E-state index in [1.54, 1.807) is 4.90 Å². The van der Waals surface area contributed by atoms with Crippen molar-refractivity contribution in [3.05, 3.63) is 59.7 Å². The number of hydrogen-bond donors (Lipinski definition) is 1. The van der Waals surface area contributed by atoms with Gasteiger partial charge in [0.25, 0.3) is 0 Å². The number of aliphatic hydroxyl groups is 1. The summed E-state index contributed by atoms with van der Waals surface area (Å²) < 4.78 is 17.0. The number of rotatable bonds is 7. The minimum absolute atomic E-state index is 0.00883. The topological polar surface area (TPSA) is 68.2 Å². The lowest BCUT2D eigenvalue weighted by atomic mass is 9.87. The molecular formula is C26H35NO5. The van der Waals surface area contributed by atoms with Gasteiger partial charge >= 0.3 is 6.09 Å². The van der Waals surface area contributed by atoms with Gasteiger partial charge in [-0.1, -0.05) is 24.3 Å². The third-order valence-corrected chi connectivity index (χ3v) is 5.36. The molecule has 6 heteroatoms. The summed E-state index contributed by atoms with van der Waals surface area (Å²) in [5.41, 5.74) is 1.69. The molecule has 174 valence electrons. The van der Waals surface area contributed by atoms with E-state index in [1.165, 1.54) is 5.56 Å². The van der Waals surface area contributed by atoms with Crippen LogP contribution >= 0.6 is 0 Å². The maximum Gasteiger partial charge on any atom is 0.410 e. The molecular weight excluding hydrogens is 406 g/mol. The van der Waals surface area contributed by atoms with Crippen molar-refractivity contribution in [3.63, 3.8) is 0 Å².